The maximum absolute atomic E-state index is 11.1. The molecule has 0 aromatic heterocycles. The second-order valence-electron chi connectivity index (χ2n) is 6.59. The van der Waals surface area contributed by atoms with Crippen LogP contribution in [0, 0.1) is 0 Å². The molecule has 0 heterocycles. The Labute approximate surface area is 170 Å². The van der Waals surface area contributed by atoms with Crippen molar-refractivity contribution in [3.8, 4) is 0 Å². The van der Waals surface area contributed by atoms with Gasteiger partial charge in [-0.15, -0.1) is 0 Å². The van der Waals surface area contributed by atoms with Crippen molar-refractivity contribution in [1.82, 2.24) is 0 Å². The van der Waals surface area contributed by atoms with Crippen LogP contribution in [-0.4, -0.2) is 45.3 Å². The number of carboxylic acid groups (broad SMARTS) is 2. The van der Waals surface area contributed by atoms with Crippen LogP contribution in [-0.2, 0) is 14.3 Å². The van der Waals surface area contributed by atoms with Crippen molar-refractivity contribution in [1.29, 1.82) is 0 Å². The Morgan fingerprint density at radius 3 is 1.73 bits per heavy atom. The van der Waals surface area contributed by atoms with Gasteiger partial charge in [-0.2, -0.15) is 0 Å². The second kappa shape index (κ2) is 19.5. The molecule has 6 heteroatoms. The fourth-order valence-corrected chi connectivity index (χ4v) is 6.44. The number of unbranched alkanes of at least 4 members (excludes halogenated alkanes) is 4. The Bertz CT molecular complexity index is 343. The Hall–Kier alpha value is -0.301. The fraction of sp³-hybridized carbons (Fsp3) is 0.900. The first kappa shape index (κ1) is 27.9. The number of hydrogen-bond acceptors (Lipinski definition) is 5. The molecule has 0 aromatic rings. The maximum atomic E-state index is 11.1. The summed E-state index contributed by atoms with van der Waals surface area (Å²) in [5.74, 6) is -2.90. The fourth-order valence-electron chi connectivity index (χ4n) is 2.28. The molecule has 0 bridgehead atoms. The molecule has 1 atom stereocenters. The van der Waals surface area contributed by atoms with Crippen molar-refractivity contribution in [2.24, 2.45) is 0 Å². The minimum atomic E-state index is -1.73. The van der Waals surface area contributed by atoms with Gasteiger partial charge in [0.05, 0.1) is 5.97 Å². The van der Waals surface area contributed by atoms with Crippen LogP contribution >= 0.6 is 0 Å². The van der Waals surface area contributed by atoms with Crippen molar-refractivity contribution in [3.63, 3.8) is 0 Å². The van der Waals surface area contributed by atoms with Crippen LogP contribution in [0.15, 0.2) is 0 Å². The molecule has 152 valence electrons. The molecule has 0 aromatic carbocycles. The van der Waals surface area contributed by atoms with Crippen LogP contribution in [0.3, 0.4) is 0 Å². The molecular weight excluding hydrogens is 439 g/mol. The Morgan fingerprint density at radius 1 is 0.846 bits per heavy atom. The minimum absolute atomic E-state index is 0.142. The van der Waals surface area contributed by atoms with Gasteiger partial charge in [-0.1, -0.05) is 33.1 Å². The van der Waals surface area contributed by atoms with E-state index >= 15 is 0 Å². The van der Waals surface area contributed by atoms with E-state index in [4.69, 9.17) is 4.74 Å². The average Bonchev–Trinajstić information content (AvgIpc) is 2.59. The molecule has 0 saturated carbocycles. The zero-order valence-electron chi connectivity index (χ0n) is 17.2. The molecule has 0 radical (unpaired) electrons. The van der Waals surface area contributed by atoms with Gasteiger partial charge >= 0.3 is 69.5 Å². The molecule has 1 unspecified atom stereocenters. The van der Waals surface area contributed by atoms with Crippen molar-refractivity contribution in [2.45, 2.75) is 106 Å². The van der Waals surface area contributed by atoms with Crippen LogP contribution in [0.25, 0.3) is 0 Å². The summed E-state index contributed by atoms with van der Waals surface area (Å²) >= 11 is 0.149. The van der Waals surface area contributed by atoms with Gasteiger partial charge < -0.3 is 24.5 Å². The van der Waals surface area contributed by atoms with Gasteiger partial charge in [0, 0.05) is 19.0 Å². The number of carboxylic acids is 2. The predicted molar refractivity (Wildman–Crippen MR) is 103 cm³/mol. The standard InChI is InChI=1S/C12H22O5.2C4H9.Sn/c1-3-5-7-12(11(15)16,9-10(13)14)17-8-6-4-2;2*1-3-4-2;/h3-9H2,1-2H3,(H,13,14)(H,15,16);2*1,3-4H2,2H3;/q;;;+2/p-2. The molecule has 0 N–H and O–H groups in total. The molecule has 0 aliphatic carbocycles. The van der Waals surface area contributed by atoms with Crippen LogP contribution in [0.5, 0.6) is 0 Å². The van der Waals surface area contributed by atoms with E-state index in [0.717, 1.165) is 12.8 Å². The number of rotatable bonds is 16. The Balaban J connectivity index is 0. The normalized spacial score (nSPS) is 12.5. The topological polar surface area (TPSA) is 89.5 Å². The molecule has 0 fully saturated rings. The van der Waals surface area contributed by atoms with Gasteiger partial charge in [-0.05, 0) is 12.8 Å². The Kier molecular flexibility index (Phi) is 20.9. The third-order valence-electron chi connectivity index (χ3n) is 4.03. The van der Waals surface area contributed by atoms with Crippen molar-refractivity contribution in [3.05, 3.63) is 0 Å². The first-order valence-electron chi connectivity index (χ1n) is 10.2. The van der Waals surface area contributed by atoms with Crippen LogP contribution < -0.4 is 10.2 Å². The third-order valence-corrected chi connectivity index (χ3v) is 8.06. The third kappa shape index (κ3) is 15.9. The van der Waals surface area contributed by atoms with E-state index in [-0.39, 0.29) is 34.2 Å². The second-order valence-corrected chi connectivity index (χ2v) is 10.9. The van der Waals surface area contributed by atoms with E-state index in [0.29, 0.717) is 12.8 Å². The summed E-state index contributed by atoms with van der Waals surface area (Å²) in [6, 6.07) is 0. The number of carbonyl (C=O) groups is 2. The molecule has 0 aliphatic heterocycles. The van der Waals surface area contributed by atoms with Crippen LogP contribution in [0.4, 0.5) is 0 Å². The first-order chi connectivity index (χ1) is 12.4. The number of carbonyl (C=O) groups excluding carboxylic acids is 2. The van der Waals surface area contributed by atoms with E-state index in [1.54, 1.807) is 8.87 Å². The summed E-state index contributed by atoms with van der Waals surface area (Å²) in [4.78, 5) is 21.8. The molecule has 26 heavy (non-hydrogen) atoms. The van der Waals surface area contributed by atoms with Crippen LogP contribution in [0.2, 0.25) is 8.87 Å². The average molecular weight is 477 g/mol. The molecular formula is C20H38O5Sn. The van der Waals surface area contributed by atoms with E-state index in [9.17, 15) is 19.8 Å². The van der Waals surface area contributed by atoms with Gasteiger partial charge in [0.2, 0.25) is 0 Å². The zero-order valence-corrected chi connectivity index (χ0v) is 20.1. The van der Waals surface area contributed by atoms with E-state index in [1.165, 1.54) is 25.7 Å². The van der Waals surface area contributed by atoms with Crippen molar-refractivity contribution in [2.75, 3.05) is 6.61 Å². The summed E-state index contributed by atoms with van der Waals surface area (Å²) in [5.41, 5.74) is -1.73. The van der Waals surface area contributed by atoms with Gasteiger partial charge in [0.25, 0.3) is 0 Å². The number of ether oxygens (including phenoxy) is 1. The summed E-state index contributed by atoms with van der Waals surface area (Å²) < 4.78 is 8.51. The van der Waals surface area contributed by atoms with E-state index in [2.05, 4.69) is 13.8 Å². The Morgan fingerprint density at radius 2 is 1.35 bits per heavy atom. The molecule has 0 saturated heterocycles. The summed E-state index contributed by atoms with van der Waals surface area (Å²) in [6.45, 7) is 8.64. The van der Waals surface area contributed by atoms with Gasteiger partial charge in [0.15, 0.2) is 0 Å². The molecule has 0 rings (SSSR count). The van der Waals surface area contributed by atoms with Gasteiger partial charge in [-0.3, -0.25) is 0 Å². The quantitative estimate of drug-likeness (QED) is 0.252. The summed E-state index contributed by atoms with van der Waals surface area (Å²) in [6.07, 6.45) is 8.21. The molecule has 0 spiro atoms. The van der Waals surface area contributed by atoms with Crippen LogP contribution in [0.1, 0.15) is 91.9 Å². The molecule has 0 aliphatic rings. The van der Waals surface area contributed by atoms with Gasteiger partial charge in [0.1, 0.15) is 5.60 Å². The van der Waals surface area contributed by atoms with Crippen molar-refractivity contribution >= 4 is 33.1 Å². The predicted octanol–water partition coefficient (Wildman–Crippen LogP) is 2.75. The monoisotopic (exact) mass is 478 g/mol. The first-order valence-corrected chi connectivity index (χ1v) is 14.2. The molecule has 5 nitrogen and oxygen atoms in total. The van der Waals surface area contributed by atoms with Crippen molar-refractivity contribution < 1.29 is 24.5 Å². The number of aliphatic carboxylic acids is 2. The summed E-state index contributed by atoms with van der Waals surface area (Å²) in [7, 11) is 0. The SMILES string of the molecule is CCCCOC(CCCC)(CC(=O)[O-])C(=O)[O-].CCC[CH2][Sn+2][CH2]CCC. The van der Waals surface area contributed by atoms with Gasteiger partial charge in [-0.25, -0.2) is 0 Å². The zero-order chi connectivity index (χ0) is 20.3. The van der Waals surface area contributed by atoms with E-state index < -0.39 is 24.0 Å². The van der Waals surface area contributed by atoms with E-state index in [1.807, 2.05) is 13.8 Å². The molecule has 0 amide bonds. The number of hydrogen-bond donors (Lipinski definition) is 0. The summed E-state index contributed by atoms with van der Waals surface area (Å²) in [5, 5.41) is 21.8.